The molecule has 0 bridgehead atoms. The molecule has 2 heterocycles. The minimum atomic E-state index is -0.412. The molecular weight excluding hydrogens is 560 g/mol. The Balaban J connectivity index is 1.33. The molecule has 1 aliphatic carbocycles. The van der Waals surface area contributed by atoms with Crippen molar-refractivity contribution >= 4 is 28.4 Å². The van der Waals surface area contributed by atoms with E-state index < -0.39 is 6.04 Å². The SMILES string of the molecule is COc1cc2c(c(OC)c1OC)-c1ccc(NCC(=O)N3CCc4[nH]c5ccccc5c4C3)c(=O)cc1[C@@H](NC(C)=O)CC2. The highest BCUT2D eigenvalue weighted by atomic mass is 16.5. The van der Waals surface area contributed by atoms with Crippen LogP contribution in [0, 0.1) is 0 Å². The van der Waals surface area contributed by atoms with Crippen molar-refractivity contribution in [1.29, 1.82) is 0 Å². The quantitative estimate of drug-likeness (QED) is 0.290. The molecule has 2 aliphatic rings. The van der Waals surface area contributed by atoms with Gasteiger partial charge in [-0.3, -0.25) is 14.4 Å². The molecule has 0 saturated carbocycles. The first-order valence-corrected chi connectivity index (χ1v) is 14.7. The first-order valence-electron chi connectivity index (χ1n) is 14.7. The van der Waals surface area contributed by atoms with Gasteiger partial charge in [0.25, 0.3) is 0 Å². The molecule has 3 aromatic carbocycles. The van der Waals surface area contributed by atoms with Gasteiger partial charge in [-0.2, -0.15) is 0 Å². The van der Waals surface area contributed by atoms with E-state index in [0.717, 1.165) is 39.6 Å². The largest absolute Gasteiger partial charge is 0.493 e. The van der Waals surface area contributed by atoms with Crippen LogP contribution in [0.2, 0.25) is 0 Å². The summed E-state index contributed by atoms with van der Waals surface area (Å²) in [6.45, 7) is 2.55. The fourth-order valence-corrected chi connectivity index (χ4v) is 6.52. The van der Waals surface area contributed by atoms with Gasteiger partial charge in [0.2, 0.25) is 23.0 Å². The maximum Gasteiger partial charge on any atom is 0.242 e. The molecule has 0 spiro atoms. The lowest BCUT2D eigenvalue weighted by molar-refractivity contribution is -0.130. The van der Waals surface area contributed by atoms with E-state index in [9.17, 15) is 14.4 Å². The number of nitrogens with zero attached hydrogens (tertiary/aromatic N) is 1. The number of carbonyl (C=O) groups excluding carboxylic acids is 2. The van der Waals surface area contributed by atoms with E-state index in [-0.39, 0.29) is 23.8 Å². The number of aromatic nitrogens is 1. The Kier molecular flexibility index (Phi) is 7.90. The Labute approximate surface area is 255 Å². The molecule has 2 amide bonds. The third kappa shape index (κ3) is 5.21. The first-order chi connectivity index (χ1) is 21.3. The number of hydrogen-bond acceptors (Lipinski definition) is 7. The van der Waals surface area contributed by atoms with Gasteiger partial charge in [-0.1, -0.05) is 24.3 Å². The number of para-hydroxylation sites is 1. The second-order valence-electron chi connectivity index (χ2n) is 11.1. The van der Waals surface area contributed by atoms with Crippen LogP contribution in [0.15, 0.2) is 53.3 Å². The summed E-state index contributed by atoms with van der Waals surface area (Å²) in [5.74, 6) is 1.17. The number of ether oxygens (including phenoxy) is 3. The van der Waals surface area contributed by atoms with E-state index in [1.165, 1.54) is 12.6 Å². The molecule has 10 nitrogen and oxygen atoms in total. The number of fused-ring (bicyclic) bond motifs is 6. The zero-order valence-corrected chi connectivity index (χ0v) is 25.3. The summed E-state index contributed by atoms with van der Waals surface area (Å²) in [6.07, 6.45) is 1.92. The van der Waals surface area contributed by atoms with Gasteiger partial charge in [-0.25, -0.2) is 0 Å². The molecule has 0 unspecified atom stereocenters. The van der Waals surface area contributed by atoms with E-state index in [1.54, 1.807) is 33.5 Å². The highest BCUT2D eigenvalue weighted by Crippen LogP contribution is 2.50. The Morgan fingerprint density at radius 2 is 1.80 bits per heavy atom. The number of rotatable bonds is 7. The molecule has 0 radical (unpaired) electrons. The monoisotopic (exact) mass is 596 g/mol. The number of H-pyrrole nitrogens is 1. The summed E-state index contributed by atoms with van der Waals surface area (Å²) in [5, 5.41) is 7.24. The van der Waals surface area contributed by atoms with Crippen molar-refractivity contribution in [3.8, 4) is 28.4 Å². The van der Waals surface area contributed by atoms with Gasteiger partial charge in [0.1, 0.15) is 0 Å². The van der Waals surface area contributed by atoms with Crippen molar-refractivity contribution in [2.24, 2.45) is 0 Å². The lowest BCUT2D eigenvalue weighted by Gasteiger charge is -2.27. The number of anilines is 1. The third-order valence-electron chi connectivity index (χ3n) is 8.58. The smallest absolute Gasteiger partial charge is 0.242 e. The molecule has 6 rings (SSSR count). The van der Waals surface area contributed by atoms with Crippen molar-refractivity contribution in [2.75, 3.05) is 39.7 Å². The number of aryl methyl sites for hydroxylation is 1. The second kappa shape index (κ2) is 11.9. The fraction of sp³-hybridized carbons (Fsp3) is 0.324. The van der Waals surface area contributed by atoms with E-state index in [4.69, 9.17) is 14.2 Å². The summed E-state index contributed by atoms with van der Waals surface area (Å²) in [6, 6.07) is 14.7. The van der Waals surface area contributed by atoms with Gasteiger partial charge in [0.15, 0.2) is 11.5 Å². The third-order valence-corrected chi connectivity index (χ3v) is 8.58. The van der Waals surface area contributed by atoms with E-state index >= 15 is 0 Å². The molecular formula is C34H36N4O6. The van der Waals surface area contributed by atoms with E-state index in [1.807, 2.05) is 35.2 Å². The van der Waals surface area contributed by atoms with Crippen LogP contribution in [0.1, 0.15) is 41.8 Å². The molecule has 4 aromatic rings. The van der Waals surface area contributed by atoms with Gasteiger partial charge >= 0.3 is 0 Å². The van der Waals surface area contributed by atoms with Crippen molar-refractivity contribution in [3.05, 3.63) is 81.1 Å². The zero-order chi connectivity index (χ0) is 31.0. The average Bonchev–Trinajstić information content (AvgIpc) is 3.24. The summed E-state index contributed by atoms with van der Waals surface area (Å²) in [5.41, 5.74) is 6.50. The summed E-state index contributed by atoms with van der Waals surface area (Å²) < 4.78 is 17.1. The van der Waals surface area contributed by atoms with Crippen LogP contribution in [0.3, 0.4) is 0 Å². The maximum absolute atomic E-state index is 13.6. The van der Waals surface area contributed by atoms with Crippen LogP contribution in [0.4, 0.5) is 5.69 Å². The Bertz CT molecular complexity index is 1830. The van der Waals surface area contributed by atoms with Gasteiger partial charge < -0.3 is 34.7 Å². The minimum Gasteiger partial charge on any atom is -0.493 e. The normalized spacial score (nSPS) is 15.4. The molecule has 44 heavy (non-hydrogen) atoms. The van der Waals surface area contributed by atoms with Gasteiger partial charge in [0, 0.05) is 54.2 Å². The average molecular weight is 597 g/mol. The van der Waals surface area contributed by atoms with Crippen molar-refractivity contribution in [3.63, 3.8) is 0 Å². The van der Waals surface area contributed by atoms with Crippen LogP contribution in [-0.4, -0.2) is 56.1 Å². The van der Waals surface area contributed by atoms with Crippen LogP contribution in [0.5, 0.6) is 17.2 Å². The lowest BCUT2D eigenvalue weighted by Crippen LogP contribution is -2.39. The summed E-state index contributed by atoms with van der Waals surface area (Å²) in [4.78, 5) is 44.5. The number of hydrogen-bond donors (Lipinski definition) is 3. The number of aromatic amines is 1. The molecule has 1 aromatic heterocycles. The molecule has 228 valence electrons. The molecule has 3 N–H and O–H groups in total. The topological polar surface area (TPSA) is 122 Å². The predicted octanol–water partition coefficient (Wildman–Crippen LogP) is 4.34. The molecule has 0 fully saturated rings. The highest BCUT2D eigenvalue weighted by Gasteiger charge is 2.30. The van der Waals surface area contributed by atoms with Crippen molar-refractivity contribution in [2.45, 2.75) is 38.8 Å². The Morgan fingerprint density at radius 1 is 1.00 bits per heavy atom. The standard InChI is InChI=1S/C34H36N4O6/c1-19(39)36-26-11-9-20-15-30(42-2)33(43-3)34(44-4)32(20)22-10-12-28(29(40)16-23(22)26)35-17-31(41)38-14-13-27-24(18-38)21-7-5-6-8-25(21)37-27/h5-8,10,12,15-16,26,37H,9,11,13-14,17-18H2,1-4H3,(H,35,40)(H,36,39)/t26-/m0/s1. The number of nitrogens with one attached hydrogen (secondary N) is 3. The van der Waals surface area contributed by atoms with Crippen LogP contribution >= 0.6 is 0 Å². The van der Waals surface area contributed by atoms with Crippen LogP contribution in [0.25, 0.3) is 22.0 Å². The van der Waals surface area contributed by atoms with Crippen molar-refractivity contribution in [1.82, 2.24) is 15.2 Å². The number of benzene rings is 2. The van der Waals surface area contributed by atoms with Crippen LogP contribution < -0.4 is 30.3 Å². The van der Waals surface area contributed by atoms with Crippen molar-refractivity contribution < 1.29 is 23.8 Å². The lowest BCUT2D eigenvalue weighted by atomic mass is 9.95. The molecule has 1 aliphatic heterocycles. The van der Waals surface area contributed by atoms with Gasteiger partial charge in [0.05, 0.1) is 39.6 Å². The molecule has 10 heteroatoms. The summed E-state index contributed by atoms with van der Waals surface area (Å²) >= 11 is 0. The van der Waals surface area contributed by atoms with E-state index in [0.29, 0.717) is 54.4 Å². The van der Waals surface area contributed by atoms with E-state index in [2.05, 4.69) is 21.7 Å². The predicted molar refractivity (Wildman–Crippen MR) is 169 cm³/mol. The molecule has 0 saturated heterocycles. The summed E-state index contributed by atoms with van der Waals surface area (Å²) in [7, 11) is 4.68. The zero-order valence-electron chi connectivity index (χ0n) is 25.3. The number of carbonyl (C=O) groups is 2. The molecule has 1 atom stereocenters. The first kappa shape index (κ1) is 29.1. The second-order valence-corrected chi connectivity index (χ2v) is 11.1. The maximum atomic E-state index is 13.6. The Hall–Kier alpha value is -4.99. The highest BCUT2D eigenvalue weighted by molar-refractivity contribution is 5.87. The number of methoxy groups -OCH3 is 3. The Morgan fingerprint density at radius 3 is 2.55 bits per heavy atom. The number of amides is 2. The van der Waals surface area contributed by atoms with Gasteiger partial charge in [-0.05, 0) is 53.8 Å². The minimum absolute atomic E-state index is 0.0261. The fourth-order valence-electron chi connectivity index (χ4n) is 6.52. The van der Waals surface area contributed by atoms with Crippen LogP contribution in [-0.2, 0) is 29.0 Å². The van der Waals surface area contributed by atoms with Gasteiger partial charge in [-0.15, -0.1) is 0 Å².